The second-order valence-corrected chi connectivity index (χ2v) is 6.05. The first kappa shape index (κ1) is 13.8. The van der Waals surface area contributed by atoms with Crippen LogP contribution in [0, 0.1) is 17.8 Å². The molecule has 0 spiro atoms. The zero-order chi connectivity index (χ0) is 13.0. The Morgan fingerprint density at radius 3 is 2.78 bits per heavy atom. The lowest BCUT2D eigenvalue weighted by Gasteiger charge is -2.29. The van der Waals surface area contributed by atoms with Crippen LogP contribution in [-0.4, -0.2) is 44.0 Å². The molecule has 1 amide bonds. The summed E-state index contributed by atoms with van der Waals surface area (Å²) in [6, 6.07) is 0. The van der Waals surface area contributed by atoms with Crippen LogP contribution in [0.3, 0.4) is 0 Å². The van der Waals surface area contributed by atoms with Crippen LogP contribution in [0.25, 0.3) is 0 Å². The number of carbonyl (C=O) groups excluding carboxylic acids is 1. The van der Waals surface area contributed by atoms with E-state index in [4.69, 9.17) is 5.73 Å². The van der Waals surface area contributed by atoms with Gasteiger partial charge in [0.15, 0.2) is 0 Å². The maximum Gasteiger partial charge on any atom is 0.223 e. The third kappa shape index (κ3) is 3.45. The van der Waals surface area contributed by atoms with Crippen molar-refractivity contribution in [1.29, 1.82) is 0 Å². The lowest BCUT2D eigenvalue weighted by atomic mass is 9.78. The Morgan fingerprint density at radius 2 is 2.11 bits per heavy atom. The van der Waals surface area contributed by atoms with Gasteiger partial charge in [-0.15, -0.1) is 0 Å². The second-order valence-electron chi connectivity index (χ2n) is 6.05. The molecule has 18 heavy (non-hydrogen) atoms. The van der Waals surface area contributed by atoms with E-state index < -0.39 is 0 Å². The number of hydrogen-bond acceptors (Lipinski definition) is 3. The third-order valence-electron chi connectivity index (χ3n) is 4.60. The van der Waals surface area contributed by atoms with E-state index in [1.807, 2.05) is 0 Å². The van der Waals surface area contributed by atoms with Gasteiger partial charge in [-0.2, -0.15) is 0 Å². The first-order valence-electron chi connectivity index (χ1n) is 7.37. The SMILES string of the molecule is CN1CCC(CNC(=O)C2CCCCC2CN)C1. The Bertz CT molecular complexity index is 282. The normalized spacial score (nSPS) is 33.6. The highest BCUT2D eigenvalue weighted by Crippen LogP contribution is 2.29. The van der Waals surface area contributed by atoms with Crippen LogP contribution in [0.1, 0.15) is 32.1 Å². The van der Waals surface area contributed by atoms with E-state index in [0.717, 1.165) is 32.5 Å². The minimum absolute atomic E-state index is 0.169. The van der Waals surface area contributed by atoms with Crippen molar-refractivity contribution in [2.75, 3.05) is 33.2 Å². The molecule has 3 atom stereocenters. The van der Waals surface area contributed by atoms with Crippen LogP contribution in [-0.2, 0) is 4.79 Å². The summed E-state index contributed by atoms with van der Waals surface area (Å²) in [6.45, 7) is 3.78. The fourth-order valence-corrected chi connectivity index (χ4v) is 3.40. The van der Waals surface area contributed by atoms with Crippen molar-refractivity contribution in [3.05, 3.63) is 0 Å². The highest BCUT2D eigenvalue weighted by Gasteiger charge is 2.30. The van der Waals surface area contributed by atoms with Gasteiger partial charge in [-0.05, 0) is 51.2 Å². The van der Waals surface area contributed by atoms with Crippen molar-refractivity contribution < 1.29 is 4.79 Å². The van der Waals surface area contributed by atoms with Crippen LogP contribution in [0.15, 0.2) is 0 Å². The second kappa shape index (κ2) is 6.53. The molecule has 2 aliphatic rings. The molecule has 0 radical (unpaired) electrons. The summed E-state index contributed by atoms with van der Waals surface area (Å²) in [7, 11) is 2.15. The maximum absolute atomic E-state index is 12.2. The number of nitrogens with one attached hydrogen (secondary N) is 1. The van der Waals surface area contributed by atoms with Crippen LogP contribution < -0.4 is 11.1 Å². The van der Waals surface area contributed by atoms with Gasteiger partial charge in [0, 0.05) is 19.0 Å². The molecule has 2 rings (SSSR count). The molecular weight excluding hydrogens is 226 g/mol. The Kier molecular flexibility index (Phi) is 5.01. The number of nitrogens with zero attached hydrogens (tertiary/aromatic N) is 1. The van der Waals surface area contributed by atoms with Crippen LogP contribution >= 0.6 is 0 Å². The first-order valence-corrected chi connectivity index (χ1v) is 7.37. The molecule has 0 bridgehead atoms. The largest absolute Gasteiger partial charge is 0.356 e. The molecule has 1 saturated heterocycles. The average molecular weight is 253 g/mol. The molecule has 0 aromatic heterocycles. The van der Waals surface area contributed by atoms with Gasteiger partial charge >= 0.3 is 0 Å². The summed E-state index contributed by atoms with van der Waals surface area (Å²) in [5.74, 6) is 1.46. The van der Waals surface area contributed by atoms with Crippen molar-refractivity contribution >= 4 is 5.91 Å². The number of likely N-dealkylation sites (tertiary alicyclic amines) is 1. The van der Waals surface area contributed by atoms with Gasteiger partial charge in [0.2, 0.25) is 5.91 Å². The summed E-state index contributed by atoms with van der Waals surface area (Å²) in [5, 5.41) is 3.16. The molecule has 3 unspecified atom stereocenters. The van der Waals surface area contributed by atoms with Gasteiger partial charge in [-0.3, -0.25) is 4.79 Å². The maximum atomic E-state index is 12.2. The van der Waals surface area contributed by atoms with E-state index in [0.29, 0.717) is 18.4 Å². The molecule has 3 N–H and O–H groups in total. The van der Waals surface area contributed by atoms with Gasteiger partial charge < -0.3 is 16.0 Å². The Morgan fingerprint density at radius 1 is 1.33 bits per heavy atom. The number of hydrogen-bond donors (Lipinski definition) is 2. The molecule has 1 saturated carbocycles. The van der Waals surface area contributed by atoms with Crippen LogP contribution in [0.4, 0.5) is 0 Å². The Labute approximate surface area is 110 Å². The molecule has 0 aromatic rings. The Hall–Kier alpha value is -0.610. The number of nitrogens with two attached hydrogens (primary N) is 1. The van der Waals surface area contributed by atoms with Gasteiger partial charge in [-0.25, -0.2) is 0 Å². The van der Waals surface area contributed by atoms with E-state index in [2.05, 4.69) is 17.3 Å². The minimum atomic E-state index is 0.169. The van der Waals surface area contributed by atoms with Crippen molar-refractivity contribution in [3.63, 3.8) is 0 Å². The molecule has 4 nitrogen and oxygen atoms in total. The summed E-state index contributed by atoms with van der Waals surface area (Å²) in [4.78, 5) is 14.6. The van der Waals surface area contributed by atoms with Crippen molar-refractivity contribution in [2.45, 2.75) is 32.1 Å². The fourth-order valence-electron chi connectivity index (χ4n) is 3.40. The number of carbonyl (C=O) groups is 1. The third-order valence-corrected chi connectivity index (χ3v) is 4.60. The number of rotatable bonds is 4. The van der Waals surface area contributed by atoms with Gasteiger partial charge in [0.1, 0.15) is 0 Å². The zero-order valence-corrected chi connectivity index (χ0v) is 11.5. The topological polar surface area (TPSA) is 58.4 Å². The quantitative estimate of drug-likeness (QED) is 0.780. The molecule has 4 heteroatoms. The Balaban J connectivity index is 1.76. The van der Waals surface area contributed by atoms with Gasteiger partial charge in [0.05, 0.1) is 0 Å². The highest BCUT2D eigenvalue weighted by atomic mass is 16.1. The zero-order valence-electron chi connectivity index (χ0n) is 11.5. The minimum Gasteiger partial charge on any atom is -0.356 e. The lowest BCUT2D eigenvalue weighted by molar-refractivity contribution is -0.127. The summed E-state index contributed by atoms with van der Waals surface area (Å²) >= 11 is 0. The molecule has 104 valence electrons. The van der Waals surface area contributed by atoms with Crippen molar-refractivity contribution in [1.82, 2.24) is 10.2 Å². The van der Waals surface area contributed by atoms with E-state index in [9.17, 15) is 4.79 Å². The summed E-state index contributed by atoms with van der Waals surface area (Å²) in [6.07, 6.45) is 5.78. The molecule has 1 heterocycles. The standard InChI is InChI=1S/C14H27N3O/c1-17-7-6-11(10-17)9-16-14(18)13-5-3-2-4-12(13)8-15/h11-13H,2-10,15H2,1H3,(H,16,18). The van der Waals surface area contributed by atoms with E-state index in [1.165, 1.54) is 19.3 Å². The summed E-state index contributed by atoms with van der Waals surface area (Å²) < 4.78 is 0. The van der Waals surface area contributed by atoms with E-state index in [-0.39, 0.29) is 11.8 Å². The van der Waals surface area contributed by atoms with Gasteiger partial charge in [-0.1, -0.05) is 12.8 Å². The van der Waals surface area contributed by atoms with Crippen molar-refractivity contribution in [2.24, 2.45) is 23.5 Å². The smallest absolute Gasteiger partial charge is 0.223 e. The molecule has 1 aliphatic carbocycles. The van der Waals surface area contributed by atoms with Crippen molar-refractivity contribution in [3.8, 4) is 0 Å². The molecule has 0 aromatic carbocycles. The first-order chi connectivity index (χ1) is 8.70. The molecule has 2 fully saturated rings. The van der Waals surface area contributed by atoms with Crippen LogP contribution in [0.5, 0.6) is 0 Å². The van der Waals surface area contributed by atoms with Gasteiger partial charge in [0.25, 0.3) is 0 Å². The predicted octanol–water partition coefficient (Wildman–Crippen LogP) is 0.819. The van der Waals surface area contributed by atoms with E-state index >= 15 is 0 Å². The van der Waals surface area contributed by atoms with Crippen LogP contribution in [0.2, 0.25) is 0 Å². The predicted molar refractivity (Wildman–Crippen MR) is 73.1 cm³/mol. The average Bonchev–Trinajstić information content (AvgIpc) is 2.81. The summed E-state index contributed by atoms with van der Waals surface area (Å²) in [5.41, 5.74) is 5.78. The molecular formula is C14H27N3O. The number of amides is 1. The monoisotopic (exact) mass is 253 g/mol. The highest BCUT2D eigenvalue weighted by molar-refractivity contribution is 5.79. The fraction of sp³-hybridized carbons (Fsp3) is 0.929. The lowest BCUT2D eigenvalue weighted by Crippen LogP contribution is -2.41. The van der Waals surface area contributed by atoms with E-state index in [1.54, 1.807) is 0 Å². The molecule has 1 aliphatic heterocycles.